The number of ether oxygens (including phenoxy) is 2. The van der Waals surface area contributed by atoms with Gasteiger partial charge in [0.05, 0.1) is 18.1 Å². The molecule has 1 saturated carbocycles. The van der Waals surface area contributed by atoms with E-state index in [1.807, 2.05) is 0 Å². The number of carbonyl (C=O) groups is 1. The van der Waals surface area contributed by atoms with Crippen molar-refractivity contribution < 1.29 is 19.2 Å². The van der Waals surface area contributed by atoms with E-state index in [2.05, 4.69) is 6.92 Å². The Hall–Kier alpha value is -2.31. The average Bonchev–Trinajstić information content (AvgIpc) is 2.59. The second-order valence-electron chi connectivity index (χ2n) is 6.30. The highest BCUT2D eigenvalue weighted by atomic mass is 16.6. The fraction of sp³-hybridized carbons (Fsp3) is 0.588. The SMILES string of the molecule is COc1ccc(OCC(=O)N(C)C2CCC(C)CC2)c([N+](=O)[O-])c1. The van der Waals surface area contributed by atoms with Crippen molar-refractivity contribution in [2.24, 2.45) is 5.92 Å². The molecule has 0 heterocycles. The van der Waals surface area contributed by atoms with Crippen LogP contribution in [0.1, 0.15) is 32.6 Å². The molecule has 2 rings (SSSR count). The number of nitro benzene ring substituents is 1. The molecule has 7 heteroatoms. The van der Waals surface area contributed by atoms with Crippen molar-refractivity contribution in [3.05, 3.63) is 28.3 Å². The molecule has 0 spiro atoms. The summed E-state index contributed by atoms with van der Waals surface area (Å²) in [6, 6.07) is 4.53. The smallest absolute Gasteiger partial charge is 0.314 e. The first kappa shape index (κ1) is 18.0. The Morgan fingerprint density at radius 3 is 2.58 bits per heavy atom. The summed E-state index contributed by atoms with van der Waals surface area (Å²) in [5, 5.41) is 11.1. The van der Waals surface area contributed by atoms with Gasteiger partial charge in [-0.2, -0.15) is 0 Å². The second-order valence-corrected chi connectivity index (χ2v) is 6.30. The van der Waals surface area contributed by atoms with Gasteiger partial charge in [-0.05, 0) is 43.7 Å². The first-order chi connectivity index (χ1) is 11.4. The molecule has 0 unspecified atom stereocenters. The lowest BCUT2D eigenvalue weighted by Crippen LogP contribution is -2.41. The fourth-order valence-corrected chi connectivity index (χ4v) is 2.96. The van der Waals surface area contributed by atoms with Crippen LogP contribution in [0.2, 0.25) is 0 Å². The Bertz CT molecular complexity index is 597. The van der Waals surface area contributed by atoms with E-state index in [1.165, 1.54) is 19.2 Å². The highest BCUT2D eigenvalue weighted by Gasteiger charge is 2.25. The molecule has 1 fully saturated rings. The van der Waals surface area contributed by atoms with E-state index in [0.717, 1.165) is 25.7 Å². The van der Waals surface area contributed by atoms with Crippen LogP contribution in [0.4, 0.5) is 5.69 Å². The quantitative estimate of drug-likeness (QED) is 0.589. The lowest BCUT2D eigenvalue weighted by atomic mass is 9.87. The summed E-state index contributed by atoms with van der Waals surface area (Å²) in [5.41, 5.74) is -0.212. The molecular formula is C17H24N2O5. The van der Waals surface area contributed by atoms with Gasteiger partial charge in [0, 0.05) is 13.1 Å². The number of nitro groups is 1. The van der Waals surface area contributed by atoms with E-state index in [9.17, 15) is 14.9 Å². The monoisotopic (exact) mass is 336 g/mol. The minimum absolute atomic E-state index is 0.0693. The summed E-state index contributed by atoms with van der Waals surface area (Å²) in [7, 11) is 3.21. The van der Waals surface area contributed by atoms with Crippen molar-refractivity contribution in [2.45, 2.75) is 38.6 Å². The lowest BCUT2D eigenvalue weighted by Gasteiger charge is -2.33. The molecule has 24 heavy (non-hydrogen) atoms. The molecule has 0 atom stereocenters. The van der Waals surface area contributed by atoms with Gasteiger partial charge in [-0.3, -0.25) is 14.9 Å². The Morgan fingerprint density at radius 1 is 1.33 bits per heavy atom. The summed E-state index contributed by atoms with van der Waals surface area (Å²) in [6.07, 6.45) is 4.22. The van der Waals surface area contributed by atoms with Crippen LogP contribution in [-0.2, 0) is 4.79 Å². The summed E-state index contributed by atoms with van der Waals surface area (Å²) in [4.78, 5) is 24.6. The van der Waals surface area contributed by atoms with Crippen molar-refractivity contribution in [1.29, 1.82) is 0 Å². The van der Waals surface area contributed by atoms with Crippen LogP contribution in [0.3, 0.4) is 0 Å². The van der Waals surface area contributed by atoms with Crippen LogP contribution in [0, 0.1) is 16.0 Å². The molecule has 1 aromatic carbocycles. The summed E-state index contributed by atoms with van der Waals surface area (Å²) in [6.45, 7) is 2.01. The van der Waals surface area contributed by atoms with Gasteiger partial charge in [-0.15, -0.1) is 0 Å². The third kappa shape index (κ3) is 4.37. The zero-order valence-corrected chi connectivity index (χ0v) is 14.4. The maximum absolute atomic E-state index is 12.3. The van der Waals surface area contributed by atoms with E-state index in [0.29, 0.717) is 11.7 Å². The maximum atomic E-state index is 12.3. The van der Waals surface area contributed by atoms with E-state index in [4.69, 9.17) is 9.47 Å². The van der Waals surface area contributed by atoms with Crippen molar-refractivity contribution >= 4 is 11.6 Å². The summed E-state index contributed by atoms with van der Waals surface area (Å²) < 4.78 is 10.4. The molecule has 0 aromatic heterocycles. The number of carbonyl (C=O) groups excluding carboxylic acids is 1. The highest BCUT2D eigenvalue weighted by molar-refractivity contribution is 5.78. The third-order valence-corrected chi connectivity index (χ3v) is 4.64. The van der Waals surface area contributed by atoms with Gasteiger partial charge in [0.1, 0.15) is 5.75 Å². The van der Waals surface area contributed by atoms with Gasteiger partial charge in [0.15, 0.2) is 12.4 Å². The van der Waals surface area contributed by atoms with Gasteiger partial charge < -0.3 is 14.4 Å². The van der Waals surface area contributed by atoms with Crippen LogP contribution in [0.15, 0.2) is 18.2 Å². The number of likely N-dealkylation sites (N-methyl/N-ethyl adjacent to an activating group) is 1. The molecule has 0 saturated heterocycles. The number of hydrogen-bond donors (Lipinski definition) is 0. The largest absolute Gasteiger partial charge is 0.496 e. The van der Waals surface area contributed by atoms with Crippen molar-refractivity contribution in [1.82, 2.24) is 4.90 Å². The number of methoxy groups -OCH3 is 1. The van der Waals surface area contributed by atoms with Gasteiger partial charge in [-0.1, -0.05) is 6.92 Å². The van der Waals surface area contributed by atoms with Crippen molar-refractivity contribution in [3.8, 4) is 11.5 Å². The molecule has 7 nitrogen and oxygen atoms in total. The molecule has 1 aliphatic rings. The number of hydrogen-bond acceptors (Lipinski definition) is 5. The number of benzene rings is 1. The van der Waals surface area contributed by atoms with Crippen LogP contribution in [-0.4, -0.2) is 42.5 Å². The van der Waals surface area contributed by atoms with Crippen LogP contribution in [0.25, 0.3) is 0 Å². The highest BCUT2D eigenvalue weighted by Crippen LogP contribution is 2.31. The van der Waals surface area contributed by atoms with Gasteiger partial charge in [0.2, 0.25) is 0 Å². The standard InChI is InChI=1S/C17H24N2O5/c1-12-4-6-13(7-5-12)18(2)17(20)11-24-16-9-8-14(23-3)10-15(16)19(21)22/h8-10,12-13H,4-7,11H2,1-3H3. The molecule has 0 N–H and O–H groups in total. The molecular weight excluding hydrogens is 312 g/mol. The molecule has 1 amide bonds. The van der Waals surface area contributed by atoms with Crippen LogP contribution >= 0.6 is 0 Å². The Morgan fingerprint density at radius 2 is 2.00 bits per heavy atom. The molecule has 0 aliphatic heterocycles. The molecule has 1 aliphatic carbocycles. The predicted molar refractivity (Wildman–Crippen MR) is 89.3 cm³/mol. The van der Waals surface area contributed by atoms with E-state index < -0.39 is 4.92 Å². The summed E-state index contributed by atoms with van der Waals surface area (Å²) in [5.74, 6) is 0.983. The third-order valence-electron chi connectivity index (χ3n) is 4.64. The maximum Gasteiger partial charge on any atom is 0.314 e. The first-order valence-corrected chi connectivity index (χ1v) is 8.13. The van der Waals surface area contributed by atoms with Crippen LogP contribution < -0.4 is 9.47 Å². The number of nitrogens with zero attached hydrogens (tertiary/aromatic N) is 2. The fourth-order valence-electron chi connectivity index (χ4n) is 2.96. The van der Waals surface area contributed by atoms with Gasteiger partial charge >= 0.3 is 5.69 Å². The molecule has 1 aromatic rings. The topological polar surface area (TPSA) is 81.9 Å². The Kier molecular flexibility index (Phi) is 6.00. The zero-order valence-electron chi connectivity index (χ0n) is 14.4. The molecule has 0 bridgehead atoms. The van der Waals surface area contributed by atoms with E-state index in [-0.39, 0.29) is 30.0 Å². The normalized spacial score (nSPS) is 20.3. The van der Waals surface area contributed by atoms with E-state index >= 15 is 0 Å². The summed E-state index contributed by atoms with van der Waals surface area (Å²) >= 11 is 0. The predicted octanol–water partition coefficient (Wildman–Crippen LogP) is 3.02. The van der Waals surface area contributed by atoms with Crippen LogP contribution in [0.5, 0.6) is 11.5 Å². The van der Waals surface area contributed by atoms with E-state index in [1.54, 1.807) is 18.0 Å². The minimum atomic E-state index is -0.547. The zero-order chi connectivity index (χ0) is 17.7. The molecule has 132 valence electrons. The van der Waals surface area contributed by atoms with Crippen molar-refractivity contribution in [3.63, 3.8) is 0 Å². The second kappa shape index (κ2) is 7.99. The first-order valence-electron chi connectivity index (χ1n) is 8.13. The lowest BCUT2D eigenvalue weighted by molar-refractivity contribution is -0.385. The molecule has 0 radical (unpaired) electrons. The minimum Gasteiger partial charge on any atom is -0.496 e. The number of rotatable bonds is 6. The van der Waals surface area contributed by atoms with Crippen molar-refractivity contribution in [2.75, 3.05) is 20.8 Å². The number of amides is 1. The Balaban J connectivity index is 1.97. The van der Waals surface area contributed by atoms with Gasteiger partial charge in [-0.25, -0.2) is 0 Å². The average molecular weight is 336 g/mol. The Labute approximate surface area is 141 Å². The van der Waals surface area contributed by atoms with Gasteiger partial charge in [0.25, 0.3) is 5.91 Å².